The lowest BCUT2D eigenvalue weighted by molar-refractivity contribution is -0.131. The highest BCUT2D eigenvalue weighted by Crippen LogP contribution is 2.22. The van der Waals surface area contributed by atoms with Gasteiger partial charge in [0.1, 0.15) is 0 Å². The van der Waals surface area contributed by atoms with E-state index in [9.17, 15) is 9.59 Å². The SMILES string of the molecule is Cc1cc(C(=O)N2CCCN(C(=O)CC(C)C)CC2)c(C)n1C(C)C. The number of hydrogen-bond acceptors (Lipinski definition) is 2. The maximum atomic E-state index is 13.0. The lowest BCUT2D eigenvalue weighted by Crippen LogP contribution is -2.37. The third-order valence-corrected chi connectivity index (χ3v) is 4.95. The standard InChI is InChI=1S/C20H33N3O2/c1-14(2)12-19(24)21-8-7-9-22(11-10-21)20(25)18-13-16(5)23(15(3)4)17(18)6/h13-15H,7-12H2,1-6H3. The molecule has 0 aromatic carbocycles. The van der Waals surface area contributed by atoms with Crippen LogP contribution in [0.15, 0.2) is 6.07 Å². The number of hydrogen-bond donors (Lipinski definition) is 0. The maximum absolute atomic E-state index is 13.0. The van der Waals surface area contributed by atoms with Crippen LogP contribution in [0.5, 0.6) is 0 Å². The molecule has 5 nitrogen and oxygen atoms in total. The van der Waals surface area contributed by atoms with Crippen LogP contribution in [-0.4, -0.2) is 52.4 Å². The van der Waals surface area contributed by atoms with Crippen molar-refractivity contribution in [2.45, 2.75) is 60.4 Å². The molecule has 25 heavy (non-hydrogen) atoms. The number of rotatable bonds is 4. The molecule has 0 aliphatic carbocycles. The van der Waals surface area contributed by atoms with E-state index in [4.69, 9.17) is 0 Å². The van der Waals surface area contributed by atoms with Crippen molar-refractivity contribution < 1.29 is 9.59 Å². The van der Waals surface area contributed by atoms with Crippen molar-refractivity contribution in [2.24, 2.45) is 5.92 Å². The van der Waals surface area contributed by atoms with Gasteiger partial charge in [-0.05, 0) is 46.1 Å². The molecule has 1 saturated heterocycles. The third-order valence-electron chi connectivity index (χ3n) is 4.95. The minimum atomic E-state index is 0.0955. The summed E-state index contributed by atoms with van der Waals surface area (Å²) < 4.78 is 2.21. The number of carbonyl (C=O) groups is 2. The molecule has 5 heteroatoms. The largest absolute Gasteiger partial charge is 0.346 e. The Morgan fingerprint density at radius 2 is 1.60 bits per heavy atom. The highest BCUT2D eigenvalue weighted by atomic mass is 16.2. The molecular formula is C20H33N3O2. The first-order valence-electron chi connectivity index (χ1n) is 9.47. The molecule has 140 valence electrons. The van der Waals surface area contributed by atoms with E-state index < -0.39 is 0 Å². The van der Waals surface area contributed by atoms with Gasteiger partial charge in [0.15, 0.2) is 0 Å². The van der Waals surface area contributed by atoms with Crippen LogP contribution < -0.4 is 0 Å². The van der Waals surface area contributed by atoms with Gasteiger partial charge in [-0.15, -0.1) is 0 Å². The minimum absolute atomic E-state index is 0.0955. The molecule has 0 spiro atoms. The van der Waals surface area contributed by atoms with Gasteiger partial charge in [0.2, 0.25) is 5.91 Å². The monoisotopic (exact) mass is 347 g/mol. The van der Waals surface area contributed by atoms with Gasteiger partial charge in [-0.25, -0.2) is 0 Å². The Morgan fingerprint density at radius 1 is 1.00 bits per heavy atom. The third kappa shape index (κ3) is 4.44. The van der Waals surface area contributed by atoms with Gasteiger partial charge in [-0.2, -0.15) is 0 Å². The van der Waals surface area contributed by atoms with Crippen LogP contribution >= 0.6 is 0 Å². The summed E-state index contributed by atoms with van der Waals surface area (Å²) in [6.07, 6.45) is 1.43. The van der Waals surface area contributed by atoms with E-state index in [2.05, 4.69) is 39.2 Å². The fourth-order valence-electron chi connectivity index (χ4n) is 3.81. The topological polar surface area (TPSA) is 45.6 Å². The lowest BCUT2D eigenvalue weighted by Gasteiger charge is -2.23. The fourth-order valence-corrected chi connectivity index (χ4v) is 3.81. The van der Waals surface area contributed by atoms with Crippen LogP contribution in [0.25, 0.3) is 0 Å². The number of aryl methyl sites for hydroxylation is 1. The van der Waals surface area contributed by atoms with Gasteiger partial charge in [0.05, 0.1) is 5.56 Å². The molecule has 1 aliphatic rings. The Labute approximate surface area is 152 Å². The molecule has 1 aromatic heterocycles. The van der Waals surface area contributed by atoms with Crippen molar-refractivity contribution in [3.05, 3.63) is 23.0 Å². The van der Waals surface area contributed by atoms with Crippen molar-refractivity contribution >= 4 is 11.8 Å². The van der Waals surface area contributed by atoms with E-state index in [1.807, 2.05) is 22.8 Å². The molecule has 0 bridgehead atoms. The molecule has 2 heterocycles. The van der Waals surface area contributed by atoms with Crippen LogP contribution in [-0.2, 0) is 4.79 Å². The van der Waals surface area contributed by atoms with Crippen LogP contribution in [0.3, 0.4) is 0 Å². The molecule has 2 amide bonds. The van der Waals surface area contributed by atoms with Crippen LogP contribution in [0.4, 0.5) is 0 Å². The second kappa shape index (κ2) is 8.07. The zero-order valence-corrected chi connectivity index (χ0v) is 16.6. The number of carbonyl (C=O) groups excluding carboxylic acids is 2. The highest BCUT2D eigenvalue weighted by molar-refractivity contribution is 5.95. The molecule has 1 fully saturated rings. The summed E-state index contributed by atoms with van der Waals surface area (Å²) in [7, 11) is 0. The average Bonchev–Trinajstić information content (AvgIpc) is 2.70. The van der Waals surface area contributed by atoms with Crippen molar-refractivity contribution in [2.75, 3.05) is 26.2 Å². The van der Waals surface area contributed by atoms with Crippen molar-refractivity contribution in [3.63, 3.8) is 0 Å². The summed E-state index contributed by atoms with van der Waals surface area (Å²) in [5.41, 5.74) is 2.96. The van der Waals surface area contributed by atoms with Gasteiger partial charge in [-0.1, -0.05) is 13.8 Å². The van der Waals surface area contributed by atoms with Gasteiger partial charge >= 0.3 is 0 Å². The van der Waals surface area contributed by atoms with E-state index >= 15 is 0 Å². The quantitative estimate of drug-likeness (QED) is 0.838. The first kappa shape index (κ1) is 19.5. The van der Waals surface area contributed by atoms with Gasteiger partial charge in [0.25, 0.3) is 5.91 Å². The molecular weight excluding hydrogens is 314 g/mol. The molecule has 2 rings (SSSR count). The predicted molar refractivity (Wildman–Crippen MR) is 101 cm³/mol. The van der Waals surface area contributed by atoms with Gasteiger partial charge in [0, 0.05) is 50.0 Å². The second-order valence-corrected chi connectivity index (χ2v) is 7.87. The Kier molecular flexibility index (Phi) is 6.31. The lowest BCUT2D eigenvalue weighted by atomic mass is 10.1. The summed E-state index contributed by atoms with van der Waals surface area (Å²) in [4.78, 5) is 29.2. The van der Waals surface area contributed by atoms with Crippen LogP contribution in [0.1, 0.15) is 68.3 Å². The van der Waals surface area contributed by atoms with E-state index in [-0.39, 0.29) is 11.8 Å². The van der Waals surface area contributed by atoms with Crippen LogP contribution in [0, 0.1) is 19.8 Å². The molecule has 0 radical (unpaired) electrons. The smallest absolute Gasteiger partial charge is 0.255 e. The fraction of sp³-hybridized carbons (Fsp3) is 0.700. The zero-order valence-electron chi connectivity index (χ0n) is 16.6. The summed E-state index contributed by atoms with van der Waals surface area (Å²) in [6, 6.07) is 2.35. The Morgan fingerprint density at radius 3 is 2.16 bits per heavy atom. The summed E-state index contributed by atoms with van der Waals surface area (Å²) >= 11 is 0. The minimum Gasteiger partial charge on any atom is -0.346 e. The van der Waals surface area contributed by atoms with Crippen LogP contribution in [0.2, 0.25) is 0 Å². The first-order valence-corrected chi connectivity index (χ1v) is 9.47. The predicted octanol–water partition coefficient (Wildman–Crippen LogP) is 3.41. The molecule has 0 atom stereocenters. The van der Waals surface area contributed by atoms with Crippen molar-refractivity contribution in [1.29, 1.82) is 0 Å². The average molecular weight is 348 g/mol. The number of amides is 2. The van der Waals surface area contributed by atoms with E-state index in [0.29, 0.717) is 31.5 Å². The zero-order chi connectivity index (χ0) is 18.7. The van der Waals surface area contributed by atoms with E-state index in [1.165, 1.54) is 0 Å². The summed E-state index contributed by atoms with van der Waals surface area (Å²) in [6.45, 7) is 15.2. The van der Waals surface area contributed by atoms with E-state index in [0.717, 1.165) is 36.5 Å². The first-order chi connectivity index (χ1) is 11.7. The van der Waals surface area contributed by atoms with Crippen molar-refractivity contribution in [3.8, 4) is 0 Å². The molecule has 1 aliphatic heterocycles. The normalized spacial score (nSPS) is 15.8. The molecule has 0 saturated carbocycles. The van der Waals surface area contributed by atoms with E-state index in [1.54, 1.807) is 0 Å². The van der Waals surface area contributed by atoms with Crippen molar-refractivity contribution in [1.82, 2.24) is 14.4 Å². The Bertz CT molecular complexity index is 631. The Hall–Kier alpha value is -1.78. The summed E-state index contributed by atoms with van der Waals surface area (Å²) in [5, 5.41) is 0. The second-order valence-electron chi connectivity index (χ2n) is 7.87. The number of nitrogens with zero attached hydrogens (tertiary/aromatic N) is 3. The number of aromatic nitrogens is 1. The maximum Gasteiger partial charge on any atom is 0.255 e. The summed E-state index contributed by atoms with van der Waals surface area (Å²) in [5.74, 6) is 0.676. The molecule has 0 N–H and O–H groups in total. The van der Waals surface area contributed by atoms with Gasteiger partial charge < -0.3 is 14.4 Å². The molecule has 0 unspecified atom stereocenters. The highest BCUT2D eigenvalue weighted by Gasteiger charge is 2.25. The van der Waals surface area contributed by atoms with Gasteiger partial charge in [-0.3, -0.25) is 9.59 Å². The molecule has 1 aromatic rings. The Balaban J connectivity index is 2.09.